The standard InChI is InChI=1S/C12H13N3O2S/c13-11-3-1-2-4-12(11)18(16,17)15-9-10-5-7-14-8-6-10/h1-8,15H,9,13H2. The fourth-order valence-corrected chi connectivity index (χ4v) is 2.63. The first-order valence-corrected chi connectivity index (χ1v) is 6.81. The predicted molar refractivity (Wildman–Crippen MR) is 69.1 cm³/mol. The number of nitrogens with one attached hydrogen (secondary N) is 1. The van der Waals surface area contributed by atoms with E-state index in [1.54, 1.807) is 42.7 Å². The van der Waals surface area contributed by atoms with Gasteiger partial charge < -0.3 is 5.73 Å². The van der Waals surface area contributed by atoms with Crippen molar-refractivity contribution in [3.8, 4) is 0 Å². The van der Waals surface area contributed by atoms with Crippen LogP contribution in [0, 0.1) is 0 Å². The van der Waals surface area contributed by atoms with Gasteiger partial charge in [0.2, 0.25) is 10.0 Å². The molecular weight excluding hydrogens is 250 g/mol. The van der Waals surface area contributed by atoms with Crippen LogP contribution >= 0.6 is 0 Å². The van der Waals surface area contributed by atoms with Gasteiger partial charge in [-0.05, 0) is 29.8 Å². The lowest BCUT2D eigenvalue weighted by Gasteiger charge is -2.08. The molecule has 18 heavy (non-hydrogen) atoms. The maximum Gasteiger partial charge on any atom is 0.242 e. The Morgan fingerprint density at radius 3 is 2.44 bits per heavy atom. The quantitative estimate of drug-likeness (QED) is 0.810. The van der Waals surface area contributed by atoms with Crippen molar-refractivity contribution in [2.75, 3.05) is 5.73 Å². The molecule has 0 aliphatic rings. The van der Waals surface area contributed by atoms with Gasteiger partial charge in [-0.2, -0.15) is 0 Å². The van der Waals surface area contributed by atoms with E-state index < -0.39 is 10.0 Å². The fraction of sp³-hybridized carbons (Fsp3) is 0.0833. The molecule has 0 fully saturated rings. The number of pyridine rings is 1. The lowest BCUT2D eigenvalue weighted by molar-refractivity contribution is 0.581. The lowest BCUT2D eigenvalue weighted by atomic mass is 10.3. The predicted octanol–water partition coefficient (Wildman–Crippen LogP) is 1.14. The number of anilines is 1. The van der Waals surface area contributed by atoms with Gasteiger partial charge in [0.15, 0.2) is 0 Å². The zero-order chi connectivity index (χ0) is 13.0. The second-order valence-corrected chi connectivity index (χ2v) is 5.45. The van der Waals surface area contributed by atoms with Gasteiger partial charge in [0, 0.05) is 18.9 Å². The van der Waals surface area contributed by atoms with Crippen LogP contribution in [0.25, 0.3) is 0 Å². The third-order valence-corrected chi connectivity index (χ3v) is 3.90. The Hall–Kier alpha value is -1.92. The zero-order valence-corrected chi connectivity index (χ0v) is 10.4. The molecule has 0 spiro atoms. The van der Waals surface area contributed by atoms with Gasteiger partial charge in [-0.25, -0.2) is 13.1 Å². The maximum atomic E-state index is 12.0. The number of hydrogen-bond acceptors (Lipinski definition) is 4. The summed E-state index contributed by atoms with van der Waals surface area (Å²) in [6.07, 6.45) is 3.22. The normalized spacial score (nSPS) is 11.3. The molecule has 0 saturated heterocycles. The van der Waals surface area contributed by atoms with Crippen molar-refractivity contribution < 1.29 is 8.42 Å². The Morgan fingerprint density at radius 1 is 1.11 bits per heavy atom. The molecule has 0 atom stereocenters. The summed E-state index contributed by atoms with van der Waals surface area (Å²) in [6.45, 7) is 0.208. The molecule has 3 N–H and O–H groups in total. The van der Waals surface area contributed by atoms with Crippen molar-refractivity contribution in [2.24, 2.45) is 0 Å². The Balaban J connectivity index is 2.16. The zero-order valence-electron chi connectivity index (χ0n) is 9.58. The first-order chi connectivity index (χ1) is 8.59. The summed E-state index contributed by atoms with van der Waals surface area (Å²) in [7, 11) is -3.58. The molecule has 2 aromatic rings. The second kappa shape index (κ2) is 5.16. The summed E-state index contributed by atoms with van der Waals surface area (Å²) in [5.74, 6) is 0. The number of nitrogens with zero attached hydrogens (tertiary/aromatic N) is 1. The number of para-hydroxylation sites is 1. The van der Waals surface area contributed by atoms with Crippen molar-refractivity contribution in [3.63, 3.8) is 0 Å². The van der Waals surface area contributed by atoms with Crippen LogP contribution in [0.5, 0.6) is 0 Å². The monoisotopic (exact) mass is 263 g/mol. The molecule has 2 rings (SSSR count). The SMILES string of the molecule is Nc1ccccc1S(=O)(=O)NCc1ccncc1. The average Bonchev–Trinajstić information content (AvgIpc) is 2.38. The molecule has 1 heterocycles. The molecule has 0 unspecified atom stereocenters. The molecule has 94 valence electrons. The van der Waals surface area contributed by atoms with Crippen molar-refractivity contribution in [1.82, 2.24) is 9.71 Å². The summed E-state index contributed by atoms with van der Waals surface area (Å²) >= 11 is 0. The van der Waals surface area contributed by atoms with Gasteiger partial charge in [0.25, 0.3) is 0 Å². The smallest absolute Gasteiger partial charge is 0.242 e. The molecule has 1 aromatic heterocycles. The summed E-state index contributed by atoms with van der Waals surface area (Å²) in [5.41, 5.74) is 6.72. The Morgan fingerprint density at radius 2 is 1.78 bits per heavy atom. The van der Waals surface area contributed by atoms with Crippen molar-refractivity contribution in [2.45, 2.75) is 11.4 Å². The molecule has 0 radical (unpaired) electrons. The largest absolute Gasteiger partial charge is 0.398 e. The highest BCUT2D eigenvalue weighted by molar-refractivity contribution is 7.89. The van der Waals surface area contributed by atoms with Crippen molar-refractivity contribution in [1.29, 1.82) is 0 Å². The van der Waals surface area contributed by atoms with E-state index in [0.717, 1.165) is 5.56 Å². The van der Waals surface area contributed by atoms with Crippen LogP contribution in [0.1, 0.15) is 5.56 Å². The molecule has 0 bridgehead atoms. The van der Waals surface area contributed by atoms with Gasteiger partial charge in [0.05, 0.1) is 5.69 Å². The average molecular weight is 263 g/mol. The molecule has 0 saturated carbocycles. The second-order valence-electron chi connectivity index (χ2n) is 3.72. The van der Waals surface area contributed by atoms with E-state index in [-0.39, 0.29) is 17.1 Å². The van der Waals surface area contributed by atoms with Crippen molar-refractivity contribution in [3.05, 3.63) is 54.4 Å². The highest BCUT2D eigenvalue weighted by Gasteiger charge is 2.16. The van der Waals surface area contributed by atoms with Crippen molar-refractivity contribution >= 4 is 15.7 Å². The van der Waals surface area contributed by atoms with E-state index >= 15 is 0 Å². The number of hydrogen-bond donors (Lipinski definition) is 2. The third-order valence-electron chi connectivity index (χ3n) is 2.42. The molecular formula is C12H13N3O2S. The number of nitrogens with two attached hydrogens (primary N) is 1. The van der Waals surface area contributed by atoms with Crippen LogP contribution in [0.3, 0.4) is 0 Å². The third kappa shape index (κ3) is 2.85. The lowest BCUT2D eigenvalue weighted by Crippen LogP contribution is -2.24. The van der Waals surface area contributed by atoms with Gasteiger partial charge in [0.1, 0.15) is 4.90 Å². The minimum absolute atomic E-state index is 0.0963. The van der Waals surface area contributed by atoms with E-state index in [2.05, 4.69) is 9.71 Å². The van der Waals surface area contributed by atoms with Crippen LogP contribution in [0.4, 0.5) is 5.69 Å². The minimum Gasteiger partial charge on any atom is -0.398 e. The Kier molecular flexibility index (Phi) is 3.59. The topological polar surface area (TPSA) is 85.1 Å². The number of aromatic nitrogens is 1. The Labute approximate surface area is 106 Å². The van der Waals surface area contributed by atoms with Gasteiger partial charge in [-0.3, -0.25) is 4.98 Å². The van der Waals surface area contributed by atoms with Crippen LogP contribution in [-0.2, 0) is 16.6 Å². The maximum absolute atomic E-state index is 12.0. The molecule has 0 aliphatic carbocycles. The first-order valence-electron chi connectivity index (χ1n) is 5.33. The number of nitrogen functional groups attached to an aromatic ring is 1. The van der Waals surface area contributed by atoms with E-state index in [4.69, 9.17) is 5.73 Å². The minimum atomic E-state index is -3.58. The fourth-order valence-electron chi connectivity index (χ4n) is 1.48. The van der Waals surface area contributed by atoms with E-state index in [1.165, 1.54) is 6.07 Å². The first kappa shape index (κ1) is 12.5. The highest BCUT2D eigenvalue weighted by atomic mass is 32.2. The summed E-state index contributed by atoms with van der Waals surface area (Å²) < 4.78 is 26.5. The summed E-state index contributed by atoms with van der Waals surface area (Å²) in [6, 6.07) is 9.85. The van der Waals surface area contributed by atoms with Gasteiger partial charge >= 0.3 is 0 Å². The number of sulfonamides is 1. The summed E-state index contributed by atoms with van der Waals surface area (Å²) in [5, 5.41) is 0. The molecule has 0 aliphatic heterocycles. The van der Waals surface area contributed by atoms with Gasteiger partial charge in [-0.1, -0.05) is 12.1 Å². The molecule has 1 aromatic carbocycles. The van der Waals surface area contributed by atoms with Crippen LogP contribution in [-0.4, -0.2) is 13.4 Å². The van der Waals surface area contributed by atoms with Crippen LogP contribution in [0.15, 0.2) is 53.7 Å². The number of rotatable bonds is 4. The Bertz CT molecular complexity index is 627. The molecule has 6 heteroatoms. The van der Waals surface area contributed by atoms with Gasteiger partial charge in [-0.15, -0.1) is 0 Å². The van der Waals surface area contributed by atoms with Crippen LogP contribution in [0.2, 0.25) is 0 Å². The highest BCUT2D eigenvalue weighted by Crippen LogP contribution is 2.17. The van der Waals surface area contributed by atoms with Crippen LogP contribution < -0.4 is 10.5 Å². The van der Waals surface area contributed by atoms with E-state index in [0.29, 0.717) is 0 Å². The molecule has 0 amide bonds. The molecule has 5 nitrogen and oxygen atoms in total. The number of benzene rings is 1. The van der Waals surface area contributed by atoms with E-state index in [9.17, 15) is 8.42 Å². The van der Waals surface area contributed by atoms with E-state index in [1.807, 2.05) is 0 Å². The summed E-state index contributed by atoms with van der Waals surface area (Å²) in [4.78, 5) is 3.96.